The van der Waals surface area contributed by atoms with Gasteiger partial charge in [-0.3, -0.25) is 4.79 Å². The van der Waals surface area contributed by atoms with Crippen LogP contribution in [0.3, 0.4) is 0 Å². The van der Waals surface area contributed by atoms with Crippen LogP contribution in [0.25, 0.3) is 0 Å². The molecule has 0 unspecified atom stereocenters. The minimum Gasteiger partial charge on any atom is -0.397 e. The molecule has 2 aromatic carbocycles. The summed E-state index contributed by atoms with van der Waals surface area (Å²) in [6.45, 7) is 4.46. The Morgan fingerprint density at radius 1 is 1.03 bits per heavy atom. The normalized spacial score (nSPS) is 15.7. The SMILES string of the molecule is C[C@H]1CN(c2ccc(C(=O)Nc3ccccc3N)cn2)CCN1C(=O)NCc1ccccc1. The van der Waals surface area contributed by atoms with Crippen molar-refractivity contribution in [3.05, 3.63) is 84.1 Å². The summed E-state index contributed by atoms with van der Waals surface area (Å²) >= 11 is 0. The van der Waals surface area contributed by atoms with Crippen LogP contribution in [0.1, 0.15) is 22.8 Å². The lowest BCUT2D eigenvalue weighted by molar-refractivity contribution is 0.102. The zero-order valence-electron chi connectivity index (χ0n) is 18.6. The Hall–Kier alpha value is -4.07. The summed E-state index contributed by atoms with van der Waals surface area (Å²) in [6.07, 6.45) is 1.56. The van der Waals surface area contributed by atoms with Gasteiger partial charge in [-0.05, 0) is 36.8 Å². The van der Waals surface area contributed by atoms with Crippen molar-refractivity contribution in [2.24, 2.45) is 0 Å². The molecule has 0 saturated carbocycles. The molecule has 1 aliphatic rings. The van der Waals surface area contributed by atoms with Gasteiger partial charge in [-0.15, -0.1) is 0 Å². The molecule has 1 fully saturated rings. The fourth-order valence-corrected chi connectivity index (χ4v) is 3.86. The first-order valence-electron chi connectivity index (χ1n) is 11.0. The second kappa shape index (κ2) is 10.0. The summed E-state index contributed by atoms with van der Waals surface area (Å²) in [5, 5.41) is 5.80. The van der Waals surface area contributed by atoms with E-state index < -0.39 is 0 Å². The van der Waals surface area contributed by atoms with Gasteiger partial charge in [0.05, 0.1) is 16.9 Å². The number of hydrogen-bond donors (Lipinski definition) is 3. The maximum absolute atomic E-state index is 12.6. The summed E-state index contributed by atoms with van der Waals surface area (Å²) < 4.78 is 0. The highest BCUT2D eigenvalue weighted by molar-refractivity contribution is 6.05. The second-order valence-corrected chi connectivity index (χ2v) is 8.08. The van der Waals surface area contributed by atoms with Crippen LogP contribution in [0.5, 0.6) is 0 Å². The fourth-order valence-electron chi connectivity index (χ4n) is 3.86. The number of nitrogens with zero attached hydrogens (tertiary/aromatic N) is 3. The third kappa shape index (κ3) is 5.41. The minimum absolute atomic E-state index is 0.0281. The standard InChI is InChI=1S/C25H28N6O2/c1-18-17-30(13-14-31(18)25(33)28-15-19-7-3-2-4-8-19)23-12-11-20(16-27-23)24(32)29-22-10-6-5-9-21(22)26/h2-12,16,18H,13-15,17,26H2,1H3,(H,28,33)(H,29,32)/t18-/m0/s1. The predicted octanol–water partition coefficient (Wildman–Crippen LogP) is 3.34. The number of carbonyl (C=O) groups excluding carboxylic acids is 2. The lowest BCUT2D eigenvalue weighted by Gasteiger charge is -2.40. The first-order valence-corrected chi connectivity index (χ1v) is 11.0. The first-order chi connectivity index (χ1) is 16.0. The molecule has 8 nitrogen and oxygen atoms in total. The molecule has 0 bridgehead atoms. The highest BCUT2D eigenvalue weighted by Gasteiger charge is 2.28. The number of piperazine rings is 1. The number of rotatable bonds is 5. The van der Waals surface area contributed by atoms with Crippen molar-refractivity contribution in [2.75, 3.05) is 35.6 Å². The molecule has 3 aromatic rings. The Balaban J connectivity index is 1.32. The molecule has 4 rings (SSSR count). The first kappa shape index (κ1) is 22.1. The van der Waals surface area contributed by atoms with Crippen molar-refractivity contribution >= 4 is 29.1 Å². The topological polar surface area (TPSA) is 104 Å². The molecular weight excluding hydrogens is 416 g/mol. The van der Waals surface area contributed by atoms with E-state index in [1.54, 1.807) is 24.4 Å². The fraction of sp³-hybridized carbons (Fsp3) is 0.240. The smallest absolute Gasteiger partial charge is 0.318 e. The van der Waals surface area contributed by atoms with Crippen molar-refractivity contribution in [2.45, 2.75) is 19.5 Å². The van der Waals surface area contributed by atoms with Crippen LogP contribution in [0.2, 0.25) is 0 Å². The van der Waals surface area contributed by atoms with E-state index >= 15 is 0 Å². The number of nitrogens with two attached hydrogens (primary N) is 1. The van der Waals surface area contributed by atoms with Gasteiger partial charge in [0.15, 0.2) is 0 Å². The number of nitrogen functional groups attached to an aromatic ring is 1. The molecule has 1 aliphatic heterocycles. The molecule has 2 heterocycles. The third-order valence-corrected chi connectivity index (χ3v) is 5.72. The Bertz CT molecular complexity index is 1100. The summed E-state index contributed by atoms with van der Waals surface area (Å²) in [5.41, 5.74) is 8.50. The number of benzene rings is 2. The van der Waals surface area contributed by atoms with E-state index in [9.17, 15) is 9.59 Å². The van der Waals surface area contributed by atoms with E-state index in [0.29, 0.717) is 43.1 Å². The van der Waals surface area contributed by atoms with Crippen LogP contribution < -0.4 is 21.3 Å². The Labute approximate surface area is 193 Å². The quantitative estimate of drug-likeness (QED) is 0.524. The Morgan fingerprint density at radius 3 is 2.48 bits per heavy atom. The molecule has 3 amide bonds. The zero-order valence-corrected chi connectivity index (χ0v) is 18.6. The molecule has 8 heteroatoms. The number of carbonyl (C=O) groups is 2. The van der Waals surface area contributed by atoms with E-state index in [2.05, 4.69) is 20.5 Å². The van der Waals surface area contributed by atoms with Crippen LogP contribution in [0, 0.1) is 0 Å². The Morgan fingerprint density at radius 2 is 1.79 bits per heavy atom. The number of hydrogen-bond acceptors (Lipinski definition) is 5. The van der Waals surface area contributed by atoms with Crippen molar-refractivity contribution in [1.29, 1.82) is 0 Å². The number of nitrogens with one attached hydrogen (secondary N) is 2. The number of amides is 3. The predicted molar refractivity (Wildman–Crippen MR) is 130 cm³/mol. The van der Waals surface area contributed by atoms with Gasteiger partial charge in [0, 0.05) is 38.4 Å². The summed E-state index contributed by atoms with van der Waals surface area (Å²) in [6, 6.07) is 20.5. The molecule has 0 radical (unpaired) electrons. The largest absolute Gasteiger partial charge is 0.397 e. The van der Waals surface area contributed by atoms with Gasteiger partial charge in [0.1, 0.15) is 5.82 Å². The molecule has 170 valence electrons. The van der Waals surface area contributed by atoms with E-state index in [-0.39, 0.29) is 18.0 Å². The van der Waals surface area contributed by atoms with Crippen molar-refractivity contribution < 1.29 is 9.59 Å². The van der Waals surface area contributed by atoms with Gasteiger partial charge in [0.2, 0.25) is 0 Å². The monoisotopic (exact) mass is 444 g/mol. The van der Waals surface area contributed by atoms with E-state index in [1.807, 2.05) is 60.4 Å². The second-order valence-electron chi connectivity index (χ2n) is 8.08. The highest BCUT2D eigenvalue weighted by Crippen LogP contribution is 2.20. The number of aromatic nitrogens is 1. The summed E-state index contributed by atoms with van der Waals surface area (Å²) in [4.78, 5) is 33.6. The minimum atomic E-state index is -0.264. The van der Waals surface area contributed by atoms with Gasteiger partial charge in [-0.25, -0.2) is 9.78 Å². The summed E-state index contributed by atoms with van der Waals surface area (Å²) in [7, 11) is 0. The zero-order chi connectivity index (χ0) is 23.2. The highest BCUT2D eigenvalue weighted by atomic mass is 16.2. The maximum atomic E-state index is 12.6. The number of anilines is 3. The lowest BCUT2D eigenvalue weighted by Crippen LogP contribution is -2.56. The van der Waals surface area contributed by atoms with Crippen molar-refractivity contribution in [3.63, 3.8) is 0 Å². The Kier molecular flexibility index (Phi) is 6.73. The molecule has 4 N–H and O–H groups in total. The van der Waals surface area contributed by atoms with E-state index in [0.717, 1.165) is 11.4 Å². The van der Waals surface area contributed by atoms with E-state index in [1.165, 1.54) is 0 Å². The van der Waals surface area contributed by atoms with Gasteiger partial charge in [-0.2, -0.15) is 0 Å². The molecule has 1 aromatic heterocycles. The van der Waals surface area contributed by atoms with Gasteiger partial charge in [-0.1, -0.05) is 42.5 Å². The number of urea groups is 1. The maximum Gasteiger partial charge on any atom is 0.318 e. The molecule has 33 heavy (non-hydrogen) atoms. The number of pyridine rings is 1. The molecular formula is C25H28N6O2. The summed E-state index contributed by atoms with van der Waals surface area (Å²) in [5.74, 6) is 0.516. The van der Waals surface area contributed by atoms with E-state index in [4.69, 9.17) is 5.73 Å². The van der Waals surface area contributed by atoms with Crippen LogP contribution in [0.4, 0.5) is 22.0 Å². The average Bonchev–Trinajstić information content (AvgIpc) is 2.84. The van der Waals surface area contributed by atoms with Crippen molar-refractivity contribution in [3.8, 4) is 0 Å². The van der Waals surface area contributed by atoms with Crippen LogP contribution in [0.15, 0.2) is 72.9 Å². The average molecular weight is 445 g/mol. The number of para-hydroxylation sites is 2. The van der Waals surface area contributed by atoms with Gasteiger partial charge < -0.3 is 26.2 Å². The van der Waals surface area contributed by atoms with Gasteiger partial charge >= 0.3 is 6.03 Å². The van der Waals surface area contributed by atoms with Crippen molar-refractivity contribution in [1.82, 2.24) is 15.2 Å². The molecule has 1 saturated heterocycles. The van der Waals surface area contributed by atoms with Gasteiger partial charge in [0.25, 0.3) is 5.91 Å². The van der Waals surface area contributed by atoms with Crippen LogP contribution >= 0.6 is 0 Å². The lowest BCUT2D eigenvalue weighted by atomic mass is 10.2. The third-order valence-electron chi connectivity index (χ3n) is 5.72. The molecule has 0 aliphatic carbocycles. The molecule has 1 atom stereocenters. The molecule has 0 spiro atoms. The van der Waals surface area contributed by atoms with Crippen LogP contribution in [-0.2, 0) is 6.54 Å². The van der Waals surface area contributed by atoms with Crippen LogP contribution in [-0.4, -0.2) is 47.5 Å².